The van der Waals surface area contributed by atoms with Gasteiger partial charge in [-0.3, -0.25) is 9.59 Å². The first-order chi connectivity index (χ1) is 15.9. The number of aromatic nitrogens is 1. The number of fused-ring (bicyclic) bond motifs is 1. The lowest BCUT2D eigenvalue weighted by Gasteiger charge is -2.26. The molecule has 0 N–H and O–H groups in total. The van der Waals surface area contributed by atoms with Gasteiger partial charge in [0.2, 0.25) is 11.7 Å². The van der Waals surface area contributed by atoms with E-state index in [9.17, 15) is 14.0 Å². The van der Waals surface area contributed by atoms with Crippen LogP contribution in [-0.4, -0.2) is 30.8 Å². The van der Waals surface area contributed by atoms with Crippen LogP contribution in [0.2, 0.25) is 5.02 Å². The Hall–Kier alpha value is -3.95. The maximum Gasteiger partial charge on any atom is 0.262 e. The zero-order valence-electron chi connectivity index (χ0n) is 17.9. The van der Waals surface area contributed by atoms with Crippen molar-refractivity contribution >= 4 is 35.1 Å². The van der Waals surface area contributed by atoms with Crippen LogP contribution in [-0.2, 0) is 11.2 Å². The predicted octanol–water partition coefficient (Wildman–Crippen LogP) is 4.72. The van der Waals surface area contributed by atoms with Gasteiger partial charge in [0.05, 0.1) is 23.4 Å². The van der Waals surface area contributed by atoms with Crippen molar-refractivity contribution in [3.8, 4) is 17.7 Å². The first-order valence-corrected chi connectivity index (χ1v) is 10.4. The molecule has 2 heterocycles. The minimum Gasteiger partial charge on any atom is -0.481 e. The van der Waals surface area contributed by atoms with Crippen LogP contribution in [0, 0.1) is 17.7 Å². The number of rotatable bonds is 3. The van der Waals surface area contributed by atoms with Crippen molar-refractivity contribution < 1.29 is 18.7 Å². The molecule has 1 aliphatic heterocycles. The molecular weight excluding hydrogens is 443 g/mol. The maximum atomic E-state index is 13.5. The maximum absolute atomic E-state index is 13.5. The van der Waals surface area contributed by atoms with Crippen molar-refractivity contribution in [3.05, 3.63) is 93.4 Å². The van der Waals surface area contributed by atoms with Gasteiger partial charge in [-0.2, -0.15) is 0 Å². The summed E-state index contributed by atoms with van der Waals surface area (Å²) >= 11 is 5.83. The quantitative estimate of drug-likeness (QED) is 0.322. The molecule has 33 heavy (non-hydrogen) atoms. The molecule has 0 bridgehead atoms. The molecule has 0 atom stereocenters. The van der Waals surface area contributed by atoms with Crippen LogP contribution in [0.3, 0.4) is 0 Å². The van der Waals surface area contributed by atoms with Crippen molar-refractivity contribution in [1.29, 1.82) is 0 Å². The lowest BCUT2D eigenvalue weighted by Crippen LogP contribution is -2.36. The van der Waals surface area contributed by atoms with Crippen molar-refractivity contribution in [3.63, 3.8) is 0 Å². The third kappa shape index (κ3) is 4.64. The largest absolute Gasteiger partial charge is 0.481 e. The number of carbonyl (C=O) groups excluding carboxylic acids is 2. The minimum atomic E-state index is -0.573. The van der Waals surface area contributed by atoms with E-state index in [0.717, 1.165) is 5.56 Å². The van der Waals surface area contributed by atoms with E-state index in [-0.39, 0.29) is 10.6 Å². The van der Waals surface area contributed by atoms with Gasteiger partial charge in [-0.15, -0.1) is 0 Å². The summed E-state index contributed by atoms with van der Waals surface area (Å²) in [5, 5.41) is -0.0850. The zero-order chi connectivity index (χ0) is 23.5. The minimum absolute atomic E-state index is 0.0262. The van der Waals surface area contributed by atoms with E-state index in [2.05, 4.69) is 16.8 Å². The lowest BCUT2D eigenvalue weighted by molar-refractivity contribution is -0.114. The van der Waals surface area contributed by atoms with Gasteiger partial charge in [0.25, 0.3) is 5.91 Å². The summed E-state index contributed by atoms with van der Waals surface area (Å²) in [5.41, 5.74) is 2.91. The van der Waals surface area contributed by atoms with Crippen LogP contribution in [0.25, 0.3) is 6.08 Å². The number of halogens is 2. The van der Waals surface area contributed by atoms with E-state index < -0.39 is 17.5 Å². The Kier molecular flexibility index (Phi) is 6.25. The monoisotopic (exact) mass is 460 g/mol. The first-order valence-electron chi connectivity index (χ1n) is 9.98. The lowest BCUT2D eigenvalue weighted by atomic mass is 9.92. The fraction of sp³-hybridized carbons (Fsp3) is 0.115. The highest BCUT2D eigenvalue weighted by Gasteiger charge is 2.32. The fourth-order valence-corrected chi connectivity index (χ4v) is 3.63. The second kappa shape index (κ2) is 9.27. The molecule has 0 unspecified atom stereocenters. The molecule has 164 valence electrons. The highest BCUT2D eigenvalue weighted by Crippen LogP contribution is 2.31. The molecule has 0 fully saturated rings. The van der Waals surface area contributed by atoms with Crippen LogP contribution >= 0.6 is 11.6 Å². The van der Waals surface area contributed by atoms with Crippen LogP contribution < -0.4 is 9.64 Å². The molecule has 1 amide bonds. The Morgan fingerprint density at radius 1 is 1.15 bits per heavy atom. The summed E-state index contributed by atoms with van der Waals surface area (Å²) < 4.78 is 18.6. The van der Waals surface area contributed by atoms with Gasteiger partial charge in [-0.1, -0.05) is 29.5 Å². The number of Topliss-reactive ketones (excluding diaryl/α,β-unsaturated/α-hetero) is 1. The van der Waals surface area contributed by atoms with E-state index in [1.165, 1.54) is 29.2 Å². The molecule has 0 saturated heterocycles. The number of ether oxygens (including phenoxy) is 1. The second-order valence-electron chi connectivity index (χ2n) is 7.34. The molecule has 0 radical (unpaired) electrons. The molecule has 5 nitrogen and oxygen atoms in total. The number of carbonyl (C=O) groups is 2. The average Bonchev–Trinajstić information content (AvgIpc) is 2.82. The highest BCUT2D eigenvalue weighted by atomic mass is 35.5. The number of methoxy groups -OCH3 is 1. The third-order valence-electron chi connectivity index (χ3n) is 5.17. The van der Waals surface area contributed by atoms with Gasteiger partial charge >= 0.3 is 0 Å². The SMILES string of the molecule is COc1cc(CC#Cc2ccc3c(c2)C(=O)C(=Cc2ccc(F)c(Cl)c2)C(=O)N3C)ccn1. The summed E-state index contributed by atoms with van der Waals surface area (Å²) in [6, 6.07) is 12.8. The molecule has 7 heteroatoms. The topological polar surface area (TPSA) is 59.5 Å². The number of ketones is 1. The molecule has 0 spiro atoms. The fourth-order valence-electron chi connectivity index (χ4n) is 3.44. The van der Waals surface area contributed by atoms with Gasteiger partial charge in [-0.05, 0) is 53.6 Å². The number of hydrogen-bond donors (Lipinski definition) is 0. The molecule has 3 aromatic rings. The second-order valence-corrected chi connectivity index (χ2v) is 7.75. The average molecular weight is 461 g/mol. The number of anilines is 1. The summed E-state index contributed by atoms with van der Waals surface area (Å²) in [5.74, 6) is 5.22. The molecule has 0 aliphatic carbocycles. The Balaban J connectivity index is 1.64. The van der Waals surface area contributed by atoms with E-state index in [0.29, 0.717) is 34.7 Å². The molecule has 2 aromatic carbocycles. The van der Waals surface area contributed by atoms with E-state index in [1.807, 2.05) is 12.1 Å². The Bertz CT molecular complexity index is 1370. The number of likely N-dealkylation sites (N-methyl/N-ethyl adjacent to an activating group) is 1. The van der Waals surface area contributed by atoms with Crippen LogP contribution in [0.15, 0.2) is 60.3 Å². The Morgan fingerprint density at radius 3 is 2.73 bits per heavy atom. The number of amides is 1. The van der Waals surface area contributed by atoms with Crippen molar-refractivity contribution in [1.82, 2.24) is 4.98 Å². The number of hydrogen-bond acceptors (Lipinski definition) is 4. The van der Waals surface area contributed by atoms with Gasteiger partial charge in [-0.25, -0.2) is 9.37 Å². The van der Waals surface area contributed by atoms with Crippen LogP contribution in [0.1, 0.15) is 27.0 Å². The van der Waals surface area contributed by atoms with Crippen LogP contribution in [0.5, 0.6) is 5.88 Å². The summed E-state index contributed by atoms with van der Waals surface area (Å²) in [6.07, 6.45) is 3.56. The first kappa shape index (κ1) is 22.3. The normalized spacial score (nSPS) is 14.1. The van der Waals surface area contributed by atoms with Gasteiger partial charge in [0.1, 0.15) is 5.82 Å². The van der Waals surface area contributed by atoms with Gasteiger partial charge in [0.15, 0.2) is 0 Å². The highest BCUT2D eigenvalue weighted by molar-refractivity contribution is 6.36. The smallest absolute Gasteiger partial charge is 0.262 e. The predicted molar refractivity (Wildman–Crippen MR) is 125 cm³/mol. The number of pyridine rings is 1. The summed E-state index contributed by atoms with van der Waals surface area (Å²) in [6.45, 7) is 0. The molecule has 4 rings (SSSR count). The zero-order valence-corrected chi connectivity index (χ0v) is 18.6. The Morgan fingerprint density at radius 2 is 1.97 bits per heavy atom. The van der Waals surface area contributed by atoms with Gasteiger partial charge in [0, 0.05) is 36.9 Å². The summed E-state index contributed by atoms with van der Waals surface area (Å²) in [4.78, 5) is 31.4. The van der Waals surface area contributed by atoms with Gasteiger partial charge < -0.3 is 9.64 Å². The summed E-state index contributed by atoms with van der Waals surface area (Å²) in [7, 11) is 3.15. The van der Waals surface area contributed by atoms with E-state index in [4.69, 9.17) is 16.3 Å². The molecule has 1 aromatic heterocycles. The Labute approximate surface area is 195 Å². The van der Waals surface area contributed by atoms with E-state index >= 15 is 0 Å². The molecular formula is C26H18ClFN2O3. The number of benzene rings is 2. The van der Waals surface area contributed by atoms with Crippen molar-refractivity contribution in [2.75, 3.05) is 19.1 Å². The number of nitrogens with zero attached hydrogens (tertiary/aromatic N) is 2. The van der Waals surface area contributed by atoms with Crippen LogP contribution in [0.4, 0.5) is 10.1 Å². The van der Waals surface area contributed by atoms with Crippen molar-refractivity contribution in [2.24, 2.45) is 0 Å². The standard InChI is InChI=1S/C26H18ClFN2O3/c1-30-23-9-7-16(4-3-5-17-10-11-29-24(15-17)33-2)12-19(23)25(31)20(26(30)32)13-18-6-8-22(28)21(27)14-18/h6-15H,5H2,1-2H3. The van der Waals surface area contributed by atoms with E-state index in [1.54, 1.807) is 38.6 Å². The molecule has 1 aliphatic rings. The van der Waals surface area contributed by atoms with Crippen molar-refractivity contribution in [2.45, 2.75) is 6.42 Å². The molecule has 0 saturated carbocycles. The third-order valence-corrected chi connectivity index (χ3v) is 5.46.